The van der Waals surface area contributed by atoms with Crippen LogP contribution in [-0.2, 0) is 5.60 Å². The van der Waals surface area contributed by atoms with Crippen molar-refractivity contribution in [1.82, 2.24) is 15.3 Å². The first kappa shape index (κ1) is 15.0. The molecule has 7 heteroatoms. The Hall–Kier alpha value is -2.93. The molecule has 0 aliphatic rings. The molecule has 0 saturated heterocycles. The van der Waals surface area contributed by atoms with Gasteiger partial charge in [0.05, 0.1) is 23.7 Å². The van der Waals surface area contributed by atoms with E-state index < -0.39 is 17.1 Å². The van der Waals surface area contributed by atoms with Gasteiger partial charge in [0.25, 0.3) is 11.5 Å². The molecule has 0 saturated carbocycles. The molecular weight excluding hydrogens is 298 g/mol. The van der Waals surface area contributed by atoms with Crippen LogP contribution in [0.1, 0.15) is 23.3 Å². The van der Waals surface area contributed by atoms with Crippen LogP contribution >= 0.6 is 0 Å². The number of carbonyl (C=O) groups excluding carboxylic acids is 1. The van der Waals surface area contributed by atoms with Crippen LogP contribution < -0.4 is 10.9 Å². The smallest absolute Gasteiger partial charge is 0.287 e. The number of aromatic amines is 1. The second-order valence-corrected chi connectivity index (χ2v) is 5.37. The average molecular weight is 313 g/mol. The van der Waals surface area contributed by atoms with Gasteiger partial charge in [-0.1, -0.05) is 12.1 Å². The Morgan fingerprint density at radius 2 is 2.13 bits per heavy atom. The number of H-pyrrole nitrogens is 1. The fourth-order valence-electron chi connectivity index (χ4n) is 2.20. The average Bonchev–Trinajstić information content (AvgIpc) is 3.08. The molecule has 0 bridgehead atoms. The quantitative estimate of drug-likeness (QED) is 0.669. The molecule has 2 heterocycles. The van der Waals surface area contributed by atoms with Gasteiger partial charge in [-0.05, 0) is 31.2 Å². The number of amides is 1. The molecule has 0 aliphatic carbocycles. The summed E-state index contributed by atoms with van der Waals surface area (Å²) in [6, 6.07) is 10.00. The maximum absolute atomic E-state index is 12.2. The van der Waals surface area contributed by atoms with E-state index in [4.69, 9.17) is 4.42 Å². The Labute approximate surface area is 131 Å². The van der Waals surface area contributed by atoms with E-state index in [0.717, 1.165) is 0 Å². The molecule has 1 aromatic carbocycles. The summed E-state index contributed by atoms with van der Waals surface area (Å²) in [7, 11) is 0. The molecule has 1 unspecified atom stereocenters. The zero-order valence-corrected chi connectivity index (χ0v) is 12.4. The van der Waals surface area contributed by atoms with Crippen LogP contribution in [0.25, 0.3) is 10.9 Å². The maximum Gasteiger partial charge on any atom is 0.287 e. The number of furan rings is 1. The number of aromatic nitrogens is 2. The Morgan fingerprint density at radius 3 is 2.87 bits per heavy atom. The highest BCUT2D eigenvalue weighted by atomic mass is 16.4. The topological polar surface area (TPSA) is 108 Å². The summed E-state index contributed by atoms with van der Waals surface area (Å²) < 4.78 is 5.14. The molecule has 2 aromatic heterocycles. The van der Waals surface area contributed by atoms with Gasteiger partial charge in [-0.2, -0.15) is 0 Å². The highest BCUT2D eigenvalue weighted by Gasteiger charge is 2.27. The SMILES string of the molecule is CC(O)(CNC(=O)c1nc2ccccc2c(=O)[nH]1)c1ccco1. The van der Waals surface area contributed by atoms with Crippen LogP contribution in [-0.4, -0.2) is 27.5 Å². The van der Waals surface area contributed by atoms with E-state index in [1.165, 1.54) is 13.2 Å². The minimum atomic E-state index is -1.36. The number of nitrogens with zero attached hydrogens (tertiary/aromatic N) is 1. The lowest BCUT2D eigenvalue weighted by Crippen LogP contribution is -2.39. The zero-order chi connectivity index (χ0) is 16.4. The van der Waals surface area contributed by atoms with E-state index in [1.807, 2.05) is 0 Å². The number of hydrogen-bond donors (Lipinski definition) is 3. The lowest BCUT2D eigenvalue weighted by atomic mass is 10.0. The molecule has 3 rings (SSSR count). The van der Waals surface area contributed by atoms with E-state index in [2.05, 4.69) is 15.3 Å². The van der Waals surface area contributed by atoms with Gasteiger partial charge in [0.15, 0.2) is 5.82 Å². The van der Waals surface area contributed by atoms with Crippen molar-refractivity contribution in [2.45, 2.75) is 12.5 Å². The summed E-state index contributed by atoms with van der Waals surface area (Å²) in [6.45, 7) is 1.43. The third-order valence-corrected chi connectivity index (χ3v) is 3.47. The van der Waals surface area contributed by atoms with Crippen LogP contribution in [0.4, 0.5) is 0 Å². The predicted molar refractivity (Wildman–Crippen MR) is 83.0 cm³/mol. The molecule has 1 amide bonds. The number of para-hydroxylation sites is 1. The van der Waals surface area contributed by atoms with Gasteiger partial charge in [-0.3, -0.25) is 9.59 Å². The van der Waals surface area contributed by atoms with Crippen LogP contribution in [0.3, 0.4) is 0 Å². The maximum atomic E-state index is 12.2. The third kappa shape index (κ3) is 3.00. The van der Waals surface area contributed by atoms with Gasteiger partial charge >= 0.3 is 0 Å². The van der Waals surface area contributed by atoms with E-state index >= 15 is 0 Å². The summed E-state index contributed by atoms with van der Waals surface area (Å²) in [5.74, 6) is -0.360. The predicted octanol–water partition coefficient (Wildman–Crippen LogP) is 1.15. The minimum Gasteiger partial charge on any atom is -0.466 e. The van der Waals surface area contributed by atoms with Crippen molar-refractivity contribution in [2.75, 3.05) is 6.54 Å². The van der Waals surface area contributed by atoms with Crippen molar-refractivity contribution in [3.05, 3.63) is 64.6 Å². The van der Waals surface area contributed by atoms with Crippen molar-refractivity contribution >= 4 is 16.8 Å². The Kier molecular flexibility index (Phi) is 3.71. The fraction of sp³-hybridized carbons (Fsp3) is 0.188. The van der Waals surface area contributed by atoms with Crippen molar-refractivity contribution in [1.29, 1.82) is 0 Å². The van der Waals surface area contributed by atoms with Crippen LogP contribution in [0, 0.1) is 0 Å². The second kappa shape index (κ2) is 5.69. The first-order chi connectivity index (χ1) is 11.0. The van der Waals surface area contributed by atoms with Crippen LogP contribution in [0.15, 0.2) is 51.9 Å². The van der Waals surface area contributed by atoms with Gasteiger partial charge in [0, 0.05) is 0 Å². The zero-order valence-electron chi connectivity index (χ0n) is 12.4. The normalized spacial score (nSPS) is 13.7. The number of aliphatic hydroxyl groups is 1. The monoisotopic (exact) mass is 313 g/mol. The lowest BCUT2D eigenvalue weighted by Gasteiger charge is -2.20. The molecule has 0 fully saturated rings. The number of nitrogens with one attached hydrogen (secondary N) is 2. The molecule has 0 radical (unpaired) electrons. The summed E-state index contributed by atoms with van der Waals surface area (Å²) in [6.07, 6.45) is 1.44. The van der Waals surface area contributed by atoms with Crippen molar-refractivity contribution in [3.63, 3.8) is 0 Å². The van der Waals surface area contributed by atoms with Gasteiger partial charge in [0.2, 0.25) is 0 Å². The molecular formula is C16H15N3O4. The van der Waals surface area contributed by atoms with Gasteiger partial charge in [-0.15, -0.1) is 0 Å². The standard InChI is InChI=1S/C16H15N3O4/c1-16(22,12-7-4-8-23-12)9-17-15(21)13-18-11-6-3-2-5-10(11)14(20)19-13/h2-8,22H,9H2,1H3,(H,17,21)(H,18,19,20). The summed E-state index contributed by atoms with van der Waals surface area (Å²) in [4.78, 5) is 30.7. The highest BCUT2D eigenvalue weighted by molar-refractivity contribution is 5.92. The molecule has 3 aromatic rings. The number of carbonyl (C=O) groups is 1. The molecule has 0 spiro atoms. The number of rotatable bonds is 4. The number of hydrogen-bond acceptors (Lipinski definition) is 5. The molecule has 0 aliphatic heterocycles. The van der Waals surface area contributed by atoms with E-state index in [-0.39, 0.29) is 12.4 Å². The fourth-order valence-corrected chi connectivity index (χ4v) is 2.20. The van der Waals surface area contributed by atoms with E-state index in [9.17, 15) is 14.7 Å². The summed E-state index contributed by atoms with van der Waals surface area (Å²) in [5.41, 5.74) is -1.33. The Morgan fingerprint density at radius 1 is 1.35 bits per heavy atom. The molecule has 118 valence electrons. The largest absolute Gasteiger partial charge is 0.466 e. The van der Waals surface area contributed by atoms with Crippen molar-refractivity contribution in [3.8, 4) is 0 Å². The second-order valence-electron chi connectivity index (χ2n) is 5.37. The minimum absolute atomic E-state index is 0.0874. The number of benzene rings is 1. The Balaban J connectivity index is 1.80. The summed E-state index contributed by atoms with van der Waals surface area (Å²) in [5, 5.41) is 13.2. The molecule has 7 nitrogen and oxygen atoms in total. The molecule has 23 heavy (non-hydrogen) atoms. The van der Waals surface area contributed by atoms with Crippen molar-refractivity contribution in [2.24, 2.45) is 0 Å². The van der Waals surface area contributed by atoms with E-state index in [1.54, 1.807) is 36.4 Å². The molecule has 3 N–H and O–H groups in total. The van der Waals surface area contributed by atoms with E-state index in [0.29, 0.717) is 16.7 Å². The molecule has 1 atom stereocenters. The number of fused-ring (bicyclic) bond motifs is 1. The first-order valence-corrected chi connectivity index (χ1v) is 7.01. The van der Waals surface area contributed by atoms with Gasteiger partial charge < -0.3 is 19.8 Å². The summed E-state index contributed by atoms with van der Waals surface area (Å²) >= 11 is 0. The first-order valence-electron chi connectivity index (χ1n) is 7.01. The van der Waals surface area contributed by atoms with Crippen LogP contribution in [0.5, 0.6) is 0 Å². The third-order valence-electron chi connectivity index (χ3n) is 3.47. The van der Waals surface area contributed by atoms with Gasteiger partial charge in [0.1, 0.15) is 11.4 Å². The highest BCUT2D eigenvalue weighted by Crippen LogP contribution is 2.19. The lowest BCUT2D eigenvalue weighted by molar-refractivity contribution is 0.0328. The van der Waals surface area contributed by atoms with Crippen LogP contribution in [0.2, 0.25) is 0 Å². The Bertz CT molecular complexity index is 897. The van der Waals surface area contributed by atoms with Crippen molar-refractivity contribution < 1.29 is 14.3 Å². The van der Waals surface area contributed by atoms with Gasteiger partial charge in [-0.25, -0.2) is 4.98 Å².